The van der Waals surface area contributed by atoms with Gasteiger partial charge in [-0.25, -0.2) is 4.98 Å². The Hall–Kier alpha value is -1.72. The van der Waals surface area contributed by atoms with Crippen molar-refractivity contribution in [1.82, 2.24) is 19.8 Å². The molecule has 1 fully saturated rings. The number of Topliss-reactive ketones (excluding diaryl/α,β-unsaturated/α-hetero) is 1. The molecule has 2 heterocycles. The lowest BCUT2D eigenvalue weighted by molar-refractivity contribution is 0.0942. The largest absolute Gasteiger partial charge is 0.342 e. The van der Waals surface area contributed by atoms with Crippen molar-refractivity contribution in [3.63, 3.8) is 0 Å². The molecule has 3 rings (SSSR count). The second-order valence-electron chi connectivity index (χ2n) is 6.48. The van der Waals surface area contributed by atoms with E-state index in [1.54, 1.807) is 0 Å². The zero-order chi connectivity index (χ0) is 16.2. The number of aryl methyl sites for hydroxylation is 1. The quantitative estimate of drug-likeness (QED) is 0.832. The average molecular weight is 314 g/mol. The van der Waals surface area contributed by atoms with E-state index in [9.17, 15) is 4.79 Å². The first-order valence-electron chi connectivity index (χ1n) is 8.58. The van der Waals surface area contributed by atoms with Crippen LogP contribution in [-0.2, 0) is 6.42 Å². The number of hydrogen-bond acceptors (Lipinski definition) is 4. The Morgan fingerprint density at radius 3 is 2.78 bits per heavy atom. The zero-order valence-electron chi connectivity index (χ0n) is 14.1. The molecule has 5 heteroatoms. The number of ketones is 1. The van der Waals surface area contributed by atoms with Gasteiger partial charge in [-0.2, -0.15) is 0 Å². The Balaban J connectivity index is 1.61. The second-order valence-corrected chi connectivity index (χ2v) is 6.48. The van der Waals surface area contributed by atoms with Crippen LogP contribution in [0.5, 0.6) is 0 Å². The normalized spacial score (nSPS) is 17.0. The number of benzene rings is 1. The van der Waals surface area contributed by atoms with Crippen molar-refractivity contribution in [2.45, 2.75) is 26.2 Å². The van der Waals surface area contributed by atoms with Crippen LogP contribution in [0.4, 0.5) is 0 Å². The second kappa shape index (κ2) is 7.23. The van der Waals surface area contributed by atoms with Gasteiger partial charge < -0.3 is 14.8 Å². The summed E-state index contributed by atoms with van der Waals surface area (Å²) >= 11 is 0. The van der Waals surface area contributed by atoms with E-state index in [0.29, 0.717) is 6.42 Å². The minimum atomic E-state index is 0.220. The summed E-state index contributed by atoms with van der Waals surface area (Å²) in [6.45, 7) is 7.30. The number of hydrogen-bond donors (Lipinski definition) is 1. The first-order valence-corrected chi connectivity index (χ1v) is 8.58. The first kappa shape index (κ1) is 16.1. The van der Waals surface area contributed by atoms with E-state index < -0.39 is 0 Å². The standard InChI is InChI=1S/C18H26N4O/c1-3-4-18-19-15-6-5-14(13-16(15)20-18)17(23)7-8-22-11-9-21(2)10-12-22/h5-6,13H,3-4,7-12H2,1-2H3,(H,19,20). The monoisotopic (exact) mass is 314 g/mol. The molecule has 0 bridgehead atoms. The minimum Gasteiger partial charge on any atom is -0.342 e. The molecule has 1 N–H and O–H groups in total. The zero-order valence-corrected chi connectivity index (χ0v) is 14.1. The highest BCUT2D eigenvalue weighted by Gasteiger charge is 2.15. The number of fused-ring (bicyclic) bond motifs is 1. The summed E-state index contributed by atoms with van der Waals surface area (Å²) in [6, 6.07) is 5.81. The van der Waals surface area contributed by atoms with E-state index in [-0.39, 0.29) is 5.78 Å². The number of nitrogens with one attached hydrogen (secondary N) is 1. The Labute approximate surface area is 137 Å². The summed E-state index contributed by atoms with van der Waals surface area (Å²) in [5.74, 6) is 1.22. The van der Waals surface area contributed by atoms with Crippen LogP contribution in [0, 0.1) is 0 Å². The van der Waals surface area contributed by atoms with Gasteiger partial charge in [-0.3, -0.25) is 4.79 Å². The maximum Gasteiger partial charge on any atom is 0.164 e. The van der Waals surface area contributed by atoms with Gasteiger partial charge in [0.1, 0.15) is 5.82 Å². The Bertz CT molecular complexity index is 671. The van der Waals surface area contributed by atoms with E-state index in [4.69, 9.17) is 0 Å². The van der Waals surface area contributed by atoms with Crippen LogP contribution < -0.4 is 0 Å². The average Bonchev–Trinajstić information content (AvgIpc) is 2.96. The highest BCUT2D eigenvalue weighted by molar-refractivity contribution is 5.99. The SMILES string of the molecule is CCCc1nc2ccc(C(=O)CCN3CCN(C)CC3)cc2[nH]1. The maximum atomic E-state index is 12.5. The molecule has 5 nitrogen and oxygen atoms in total. The third kappa shape index (κ3) is 3.98. The molecule has 124 valence electrons. The van der Waals surface area contributed by atoms with Crippen LogP contribution in [0.2, 0.25) is 0 Å². The molecule has 1 aliphatic rings. The van der Waals surface area contributed by atoms with Crippen molar-refractivity contribution in [2.75, 3.05) is 39.8 Å². The van der Waals surface area contributed by atoms with Crippen LogP contribution in [0.3, 0.4) is 0 Å². The summed E-state index contributed by atoms with van der Waals surface area (Å²) in [5.41, 5.74) is 2.71. The van der Waals surface area contributed by atoms with Crippen LogP contribution in [-0.4, -0.2) is 65.3 Å². The van der Waals surface area contributed by atoms with Gasteiger partial charge >= 0.3 is 0 Å². The summed E-state index contributed by atoms with van der Waals surface area (Å²) in [6.07, 6.45) is 2.60. The van der Waals surface area contributed by atoms with Crippen LogP contribution in [0.25, 0.3) is 11.0 Å². The van der Waals surface area contributed by atoms with Gasteiger partial charge in [-0.1, -0.05) is 6.92 Å². The summed E-state index contributed by atoms with van der Waals surface area (Å²) in [5, 5.41) is 0. The lowest BCUT2D eigenvalue weighted by Crippen LogP contribution is -2.45. The first-order chi connectivity index (χ1) is 11.2. The number of carbonyl (C=O) groups is 1. The maximum absolute atomic E-state index is 12.5. The van der Waals surface area contributed by atoms with E-state index in [2.05, 4.69) is 33.7 Å². The van der Waals surface area contributed by atoms with Crippen molar-refractivity contribution in [3.05, 3.63) is 29.6 Å². The Morgan fingerprint density at radius 1 is 1.26 bits per heavy atom. The number of nitrogens with zero attached hydrogens (tertiary/aromatic N) is 3. The highest BCUT2D eigenvalue weighted by Crippen LogP contribution is 2.16. The van der Waals surface area contributed by atoms with E-state index in [1.807, 2.05) is 18.2 Å². The topological polar surface area (TPSA) is 52.2 Å². The molecule has 1 aromatic heterocycles. The number of H-pyrrole nitrogens is 1. The number of piperazine rings is 1. The molecule has 1 aromatic carbocycles. The predicted molar refractivity (Wildman–Crippen MR) is 93.0 cm³/mol. The molecule has 0 amide bonds. The molecule has 0 saturated carbocycles. The molecule has 0 radical (unpaired) electrons. The number of carbonyl (C=O) groups excluding carboxylic acids is 1. The molecule has 1 saturated heterocycles. The Kier molecular flexibility index (Phi) is 5.08. The van der Waals surface area contributed by atoms with Crippen LogP contribution in [0.1, 0.15) is 35.9 Å². The minimum absolute atomic E-state index is 0.220. The third-order valence-corrected chi connectivity index (χ3v) is 4.59. The molecule has 2 aromatic rings. The molecule has 0 unspecified atom stereocenters. The summed E-state index contributed by atoms with van der Waals surface area (Å²) in [7, 11) is 2.15. The van der Waals surface area contributed by atoms with Gasteiger partial charge in [0.15, 0.2) is 5.78 Å². The van der Waals surface area contributed by atoms with Crippen molar-refractivity contribution in [2.24, 2.45) is 0 Å². The fraction of sp³-hybridized carbons (Fsp3) is 0.556. The third-order valence-electron chi connectivity index (χ3n) is 4.59. The van der Waals surface area contributed by atoms with E-state index >= 15 is 0 Å². The lowest BCUT2D eigenvalue weighted by atomic mass is 10.1. The van der Waals surface area contributed by atoms with Crippen molar-refractivity contribution >= 4 is 16.8 Å². The van der Waals surface area contributed by atoms with Gasteiger partial charge in [0.2, 0.25) is 0 Å². The number of aromatic amines is 1. The van der Waals surface area contributed by atoms with Crippen molar-refractivity contribution in [3.8, 4) is 0 Å². The fourth-order valence-electron chi connectivity index (χ4n) is 3.07. The number of rotatable bonds is 6. The number of aromatic nitrogens is 2. The smallest absolute Gasteiger partial charge is 0.164 e. The molecule has 1 aliphatic heterocycles. The van der Waals surface area contributed by atoms with Gasteiger partial charge in [0, 0.05) is 51.1 Å². The molecular formula is C18H26N4O. The molecule has 0 aliphatic carbocycles. The molecular weight excluding hydrogens is 288 g/mol. The summed E-state index contributed by atoms with van der Waals surface area (Å²) < 4.78 is 0. The van der Waals surface area contributed by atoms with E-state index in [0.717, 1.165) is 68.0 Å². The van der Waals surface area contributed by atoms with Gasteiger partial charge in [-0.05, 0) is 31.7 Å². The molecule has 0 spiro atoms. The predicted octanol–water partition coefficient (Wildman–Crippen LogP) is 2.34. The lowest BCUT2D eigenvalue weighted by Gasteiger charge is -2.32. The number of likely N-dealkylation sites (N-methyl/N-ethyl adjacent to an activating group) is 1. The van der Waals surface area contributed by atoms with E-state index in [1.165, 1.54) is 0 Å². The molecule has 0 atom stereocenters. The van der Waals surface area contributed by atoms with Crippen LogP contribution >= 0.6 is 0 Å². The van der Waals surface area contributed by atoms with Gasteiger partial charge in [-0.15, -0.1) is 0 Å². The molecule has 23 heavy (non-hydrogen) atoms. The van der Waals surface area contributed by atoms with Gasteiger partial charge in [0.25, 0.3) is 0 Å². The fourth-order valence-corrected chi connectivity index (χ4v) is 3.07. The van der Waals surface area contributed by atoms with Crippen LogP contribution in [0.15, 0.2) is 18.2 Å². The Morgan fingerprint density at radius 2 is 2.04 bits per heavy atom. The van der Waals surface area contributed by atoms with Crippen molar-refractivity contribution < 1.29 is 4.79 Å². The highest BCUT2D eigenvalue weighted by atomic mass is 16.1. The van der Waals surface area contributed by atoms with Gasteiger partial charge in [0.05, 0.1) is 11.0 Å². The number of imidazole rings is 1. The van der Waals surface area contributed by atoms with Crippen molar-refractivity contribution in [1.29, 1.82) is 0 Å². The summed E-state index contributed by atoms with van der Waals surface area (Å²) in [4.78, 5) is 25.0.